The second-order valence-corrected chi connectivity index (χ2v) is 18.1. The summed E-state index contributed by atoms with van der Waals surface area (Å²) < 4.78 is 9.83. The number of fused-ring (bicyclic) bond motifs is 21. The number of anilines is 3. The monoisotopic (exact) mass is 831 g/mol. The molecule has 1 atom stereocenters. The summed E-state index contributed by atoms with van der Waals surface area (Å²) in [5.41, 5.74) is 19.7. The van der Waals surface area contributed by atoms with Crippen molar-refractivity contribution in [2.45, 2.75) is 5.41 Å². The van der Waals surface area contributed by atoms with Crippen molar-refractivity contribution in [1.29, 1.82) is 0 Å². The lowest BCUT2D eigenvalue weighted by Gasteiger charge is -2.36. The van der Waals surface area contributed by atoms with Crippen molar-refractivity contribution < 1.29 is 4.74 Å². The van der Waals surface area contributed by atoms with Gasteiger partial charge in [0.1, 0.15) is 5.75 Å². The first kappa shape index (κ1) is 35.6. The predicted molar refractivity (Wildman–Crippen MR) is 267 cm³/mol. The topological polar surface area (TPSA) is 12.5 Å². The molecule has 2 aliphatic carbocycles. The van der Waals surface area contributed by atoms with Gasteiger partial charge in [0.15, 0.2) is 5.75 Å². The van der Waals surface area contributed by atoms with Gasteiger partial charge in [-0.2, -0.15) is 0 Å². The van der Waals surface area contributed by atoms with Gasteiger partial charge < -0.3 is 9.64 Å². The van der Waals surface area contributed by atoms with Crippen LogP contribution in [0.3, 0.4) is 0 Å². The van der Waals surface area contributed by atoms with Crippen LogP contribution in [-0.2, 0) is 5.41 Å². The molecule has 2 nitrogen and oxygen atoms in total. The second-order valence-electron chi connectivity index (χ2n) is 17.0. The van der Waals surface area contributed by atoms with Crippen LogP contribution in [0.5, 0.6) is 11.5 Å². The van der Waals surface area contributed by atoms with E-state index in [1.165, 1.54) is 75.8 Å². The highest BCUT2D eigenvalue weighted by molar-refractivity contribution is 7.26. The predicted octanol–water partition coefficient (Wildman–Crippen LogP) is 17.0. The molecule has 298 valence electrons. The fourth-order valence-electron chi connectivity index (χ4n) is 11.3. The smallest absolute Gasteiger partial charge is 0.159 e. The van der Waals surface area contributed by atoms with Crippen molar-refractivity contribution >= 4 is 48.6 Å². The summed E-state index contributed by atoms with van der Waals surface area (Å²) in [6.07, 6.45) is 0. The van der Waals surface area contributed by atoms with E-state index in [1.54, 1.807) is 0 Å². The Labute approximate surface area is 375 Å². The van der Waals surface area contributed by atoms with Crippen LogP contribution < -0.4 is 9.64 Å². The largest absolute Gasteiger partial charge is 0.454 e. The van der Waals surface area contributed by atoms with E-state index in [-0.39, 0.29) is 0 Å². The molecule has 0 radical (unpaired) electrons. The van der Waals surface area contributed by atoms with Gasteiger partial charge in [0, 0.05) is 48.2 Å². The minimum atomic E-state index is -0.651. The van der Waals surface area contributed by atoms with Gasteiger partial charge in [-0.15, -0.1) is 11.3 Å². The van der Waals surface area contributed by atoms with Crippen LogP contribution in [-0.4, -0.2) is 0 Å². The second kappa shape index (κ2) is 13.5. The molecule has 14 rings (SSSR count). The molecule has 3 heteroatoms. The Hall–Kier alpha value is -7.98. The first-order valence-corrected chi connectivity index (χ1v) is 22.8. The quantitative estimate of drug-likeness (QED) is 0.176. The van der Waals surface area contributed by atoms with Gasteiger partial charge in [-0.3, -0.25) is 0 Å². The standard InChI is InChI=1S/C61H37NOS/c1-2-17-38(18-3-1)62(55-30-16-27-48-43-22-7-6-21-42(43)46-24-10-14-31-56(46)63-59(48)55)39-33-34-45-41-20-5-4-19-40(41)44-23-8-12-28-51(44)61(54(45)37-39)52-29-13-9-26-50(52)58-53(61)36-35-49-47-25-11-15-32-57(47)64-60(49)58/h1-37H. The highest BCUT2D eigenvalue weighted by atomic mass is 32.1. The highest BCUT2D eigenvalue weighted by Gasteiger charge is 2.50. The average molecular weight is 832 g/mol. The molecule has 0 saturated heterocycles. The van der Waals surface area contributed by atoms with Crippen molar-refractivity contribution in [3.63, 3.8) is 0 Å². The number of rotatable bonds is 3. The minimum absolute atomic E-state index is 0.651. The number of benzene rings is 10. The van der Waals surface area contributed by atoms with Gasteiger partial charge in [0.2, 0.25) is 0 Å². The van der Waals surface area contributed by atoms with E-state index in [1.807, 2.05) is 11.3 Å². The lowest BCUT2D eigenvalue weighted by Crippen LogP contribution is -2.29. The van der Waals surface area contributed by atoms with E-state index < -0.39 is 5.41 Å². The van der Waals surface area contributed by atoms with Crippen molar-refractivity contribution in [3.8, 4) is 67.1 Å². The summed E-state index contributed by atoms with van der Waals surface area (Å²) in [5.74, 6) is 1.67. The Morgan fingerprint density at radius 2 is 0.938 bits per heavy atom. The molecule has 0 N–H and O–H groups in total. The van der Waals surface area contributed by atoms with Crippen LogP contribution in [0, 0.1) is 0 Å². The van der Waals surface area contributed by atoms with Crippen LogP contribution >= 0.6 is 11.3 Å². The number of thiophene rings is 1. The molecule has 64 heavy (non-hydrogen) atoms. The highest BCUT2D eigenvalue weighted by Crippen LogP contribution is 2.64. The zero-order valence-corrected chi connectivity index (χ0v) is 35.4. The van der Waals surface area contributed by atoms with Crippen molar-refractivity contribution in [2.24, 2.45) is 0 Å². The number of hydrogen-bond donors (Lipinski definition) is 0. The summed E-state index contributed by atoms with van der Waals surface area (Å²) in [4.78, 5) is 2.41. The van der Waals surface area contributed by atoms with E-state index in [4.69, 9.17) is 4.74 Å². The SMILES string of the molecule is c1ccc(N(c2ccc3c(c2)C2(c4ccccc4-c4ccccc4-3)c3ccccc3-c3c2ccc2c3sc3ccccc32)c2cccc3c2Oc2ccccc2-c2ccccc2-3)cc1. The van der Waals surface area contributed by atoms with Crippen LogP contribution in [0.25, 0.3) is 75.8 Å². The van der Waals surface area contributed by atoms with Gasteiger partial charge in [0.25, 0.3) is 0 Å². The van der Waals surface area contributed by atoms with E-state index in [0.29, 0.717) is 0 Å². The fourth-order valence-corrected chi connectivity index (χ4v) is 12.6. The maximum atomic E-state index is 7.18. The van der Waals surface area contributed by atoms with Gasteiger partial charge in [-0.05, 0) is 104 Å². The fraction of sp³-hybridized carbons (Fsp3) is 0.0164. The lowest BCUT2D eigenvalue weighted by atomic mass is 9.65. The third-order valence-corrected chi connectivity index (χ3v) is 15.1. The van der Waals surface area contributed by atoms with E-state index in [2.05, 4.69) is 229 Å². The molecule has 1 unspecified atom stereocenters. The van der Waals surface area contributed by atoms with E-state index >= 15 is 0 Å². The Balaban J connectivity index is 1.10. The molecule has 0 bridgehead atoms. The first-order valence-electron chi connectivity index (χ1n) is 22.0. The van der Waals surface area contributed by atoms with Crippen LogP contribution in [0.1, 0.15) is 22.3 Å². The zero-order valence-electron chi connectivity index (χ0n) is 34.6. The summed E-state index contributed by atoms with van der Waals surface area (Å²) in [6.45, 7) is 0. The molecule has 10 aromatic carbocycles. The molecular weight excluding hydrogens is 795 g/mol. The molecule has 1 spiro atoms. The van der Waals surface area contributed by atoms with E-state index in [9.17, 15) is 0 Å². The summed E-state index contributed by atoms with van der Waals surface area (Å²) in [7, 11) is 0. The van der Waals surface area contributed by atoms with Crippen LogP contribution in [0.15, 0.2) is 224 Å². The molecule has 2 heterocycles. The van der Waals surface area contributed by atoms with Crippen molar-refractivity contribution in [2.75, 3.05) is 4.90 Å². The Bertz CT molecular complexity index is 3730. The van der Waals surface area contributed by atoms with Crippen molar-refractivity contribution in [3.05, 3.63) is 247 Å². The van der Waals surface area contributed by atoms with Gasteiger partial charge >= 0.3 is 0 Å². The molecular formula is C61H37NOS. The Morgan fingerprint density at radius 1 is 0.359 bits per heavy atom. The molecule has 1 aliphatic heterocycles. The molecule has 1 aromatic heterocycles. The number of ether oxygens (including phenoxy) is 1. The van der Waals surface area contributed by atoms with Crippen LogP contribution in [0.4, 0.5) is 17.1 Å². The molecule has 0 fully saturated rings. The molecule has 11 aromatic rings. The number of hydrogen-bond acceptors (Lipinski definition) is 3. The minimum Gasteiger partial charge on any atom is -0.454 e. The van der Waals surface area contributed by atoms with Crippen LogP contribution in [0.2, 0.25) is 0 Å². The van der Waals surface area contributed by atoms with Gasteiger partial charge in [-0.25, -0.2) is 0 Å². The summed E-state index contributed by atoms with van der Waals surface area (Å²) in [6, 6.07) is 82.8. The summed E-state index contributed by atoms with van der Waals surface area (Å²) in [5, 5.41) is 2.63. The lowest BCUT2D eigenvalue weighted by molar-refractivity contribution is 0.489. The number of nitrogens with zero attached hydrogens (tertiary/aromatic N) is 1. The summed E-state index contributed by atoms with van der Waals surface area (Å²) >= 11 is 1.92. The third kappa shape index (κ3) is 4.79. The molecule has 0 saturated carbocycles. The first-order chi connectivity index (χ1) is 31.8. The van der Waals surface area contributed by atoms with Crippen molar-refractivity contribution in [1.82, 2.24) is 0 Å². The maximum absolute atomic E-state index is 7.18. The van der Waals surface area contributed by atoms with E-state index in [0.717, 1.165) is 50.8 Å². The zero-order chi connectivity index (χ0) is 41.9. The maximum Gasteiger partial charge on any atom is 0.159 e. The normalized spacial score (nSPS) is 14.8. The van der Waals surface area contributed by atoms with Gasteiger partial charge in [-0.1, -0.05) is 182 Å². The Kier molecular flexibility index (Phi) is 7.51. The van der Waals surface area contributed by atoms with Gasteiger partial charge in [0.05, 0.1) is 11.1 Å². The number of para-hydroxylation sites is 3. The third-order valence-electron chi connectivity index (χ3n) is 13.9. The molecule has 0 amide bonds. The Morgan fingerprint density at radius 3 is 1.72 bits per heavy atom. The average Bonchev–Trinajstić information content (AvgIpc) is 3.80. The molecule has 3 aliphatic rings.